The van der Waals surface area contributed by atoms with Gasteiger partial charge < -0.3 is 0 Å². The molecule has 1 aromatic heterocycles. The normalized spacial score (nSPS) is 11.4. The van der Waals surface area contributed by atoms with Crippen molar-refractivity contribution in [3.63, 3.8) is 0 Å². The first-order valence-corrected chi connectivity index (χ1v) is 10.6. The number of rotatable bonds is 6. The molecule has 0 saturated carbocycles. The van der Waals surface area contributed by atoms with Crippen LogP contribution in [0.1, 0.15) is 42.3 Å². The highest BCUT2D eigenvalue weighted by Crippen LogP contribution is 2.27. The lowest BCUT2D eigenvalue weighted by molar-refractivity contribution is 0.102. The third-order valence-corrected chi connectivity index (χ3v) is 6.07. The molecule has 0 unspecified atom stereocenters. The van der Waals surface area contributed by atoms with Gasteiger partial charge in [0.2, 0.25) is 5.13 Å². The Morgan fingerprint density at radius 1 is 1.04 bits per heavy atom. The van der Waals surface area contributed by atoms with Crippen molar-refractivity contribution >= 4 is 34.1 Å². The smallest absolute Gasteiger partial charge is 0.257 e. The van der Waals surface area contributed by atoms with Crippen LogP contribution in [0.2, 0.25) is 0 Å². The van der Waals surface area contributed by atoms with Gasteiger partial charge in [0.1, 0.15) is 0 Å². The van der Waals surface area contributed by atoms with Crippen LogP contribution in [0.4, 0.5) is 5.13 Å². The van der Waals surface area contributed by atoms with Gasteiger partial charge in [0.25, 0.3) is 5.91 Å². The lowest BCUT2D eigenvalue weighted by atomic mass is 9.87. The Kier molecular flexibility index (Phi) is 6.29. The molecule has 2 aromatic carbocycles. The van der Waals surface area contributed by atoms with Crippen LogP contribution in [0, 0.1) is 0 Å². The Bertz CT molecular complexity index is 884. The zero-order valence-corrected chi connectivity index (χ0v) is 17.4. The van der Waals surface area contributed by atoms with Crippen LogP contribution < -0.4 is 5.32 Å². The van der Waals surface area contributed by atoms with E-state index in [2.05, 4.69) is 48.4 Å². The van der Waals surface area contributed by atoms with Gasteiger partial charge >= 0.3 is 0 Å². The van der Waals surface area contributed by atoms with Crippen LogP contribution in [0.5, 0.6) is 0 Å². The van der Waals surface area contributed by atoms with Gasteiger partial charge in [-0.25, -0.2) is 0 Å². The van der Waals surface area contributed by atoms with Crippen molar-refractivity contribution in [2.24, 2.45) is 0 Å². The minimum absolute atomic E-state index is 0.0696. The fourth-order valence-electron chi connectivity index (χ4n) is 2.51. The van der Waals surface area contributed by atoms with E-state index in [1.54, 1.807) is 11.8 Å². The first kappa shape index (κ1) is 19.6. The molecule has 0 aliphatic heterocycles. The quantitative estimate of drug-likeness (QED) is 0.445. The van der Waals surface area contributed by atoms with Crippen molar-refractivity contribution in [1.82, 2.24) is 10.2 Å². The number of nitrogens with zero attached hydrogens (tertiary/aromatic N) is 2. The minimum atomic E-state index is -0.160. The molecule has 6 heteroatoms. The Labute approximate surface area is 168 Å². The summed E-state index contributed by atoms with van der Waals surface area (Å²) in [5.41, 5.74) is 3.20. The van der Waals surface area contributed by atoms with E-state index in [-0.39, 0.29) is 11.3 Å². The lowest BCUT2D eigenvalue weighted by Crippen LogP contribution is -2.14. The Hall–Kier alpha value is -2.18. The summed E-state index contributed by atoms with van der Waals surface area (Å²) in [6, 6.07) is 18.1. The molecule has 140 valence electrons. The Morgan fingerprint density at radius 3 is 2.41 bits per heavy atom. The van der Waals surface area contributed by atoms with Gasteiger partial charge in [-0.05, 0) is 35.1 Å². The van der Waals surface area contributed by atoms with Gasteiger partial charge in [-0.3, -0.25) is 10.1 Å². The number of hydrogen-bond acceptors (Lipinski definition) is 5. The molecule has 0 fully saturated rings. The molecular formula is C21H23N3OS2. The average Bonchev–Trinajstić information content (AvgIpc) is 3.09. The number of carbonyl (C=O) groups excluding carboxylic acids is 1. The first-order valence-electron chi connectivity index (χ1n) is 8.84. The third-order valence-electron chi connectivity index (χ3n) is 4.10. The number of aryl methyl sites for hydroxylation is 1. The number of aromatic nitrogens is 2. The zero-order chi connectivity index (χ0) is 19.3. The van der Waals surface area contributed by atoms with E-state index in [9.17, 15) is 4.79 Å². The van der Waals surface area contributed by atoms with Gasteiger partial charge in [0, 0.05) is 11.3 Å². The summed E-state index contributed by atoms with van der Waals surface area (Å²) < 4.78 is 0.865. The van der Waals surface area contributed by atoms with Gasteiger partial charge in [0.05, 0.1) is 0 Å². The highest BCUT2D eigenvalue weighted by molar-refractivity contribution is 8.01. The van der Waals surface area contributed by atoms with Crippen LogP contribution in [0.15, 0.2) is 58.9 Å². The Morgan fingerprint density at radius 2 is 1.74 bits per heavy atom. The van der Waals surface area contributed by atoms with Gasteiger partial charge in [0.15, 0.2) is 4.34 Å². The molecule has 0 radical (unpaired) electrons. The fraction of sp³-hybridized carbons (Fsp3) is 0.286. The minimum Gasteiger partial charge on any atom is -0.296 e. The summed E-state index contributed by atoms with van der Waals surface area (Å²) in [5, 5.41) is 11.6. The largest absolute Gasteiger partial charge is 0.296 e. The summed E-state index contributed by atoms with van der Waals surface area (Å²) >= 11 is 3.06. The molecule has 27 heavy (non-hydrogen) atoms. The van der Waals surface area contributed by atoms with E-state index in [0.717, 1.165) is 16.5 Å². The maximum atomic E-state index is 12.4. The van der Waals surface area contributed by atoms with Crippen LogP contribution in [0.3, 0.4) is 0 Å². The number of benzene rings is 2. The van der Waals surface area contributed by atoms with Crippen molar-refractivity contribution < 1.29 is 4.79 Å². The van der Waals surface area contributed by atoms with Crippen molar-refractivity contribution in [2.45, 2.75) is 36.9 Å². The number of anilines is 1. The molecule has 1 amide bonds. The molecule has 0 bridgehead atoms. The third kappa shape index (κ3) is 5.65. The SMILES string of the molecule is CC(C)(C)c1ccc(C(=O)Nc2nnc(SCCc3ccccc3)s2)cc1. The van der Waals surface area contributed by atoms with E-state index in [0.29, 0.717) is 10.7 Å². The topological polar surface area (TPSA) is 54.9 Å². The van der Waals surface area contributed by atoms with Crippen molar-refractivity contribution in [1.29, 1.82) is 0 Å². The summed E-state index contributed by atoms with van der Waals surface area (Å²) in [5.74, 6) is 0.772. The molecule has 0 aliphatic rings. The number of nitrogens with one attached hydrogen (secondary N) is 1. The summed E-state index contributed by atoms with van der Waals surface area (Å²) in [4.78, 5) is 12.4. The summed E-state index contributed by atoms with van der Waals surface area (Å²) in [6.45, 7) is 6.46. The monoisotopic (exact) mass is 397 g/mol. The molecule has 0 aliphatic carbocycles. The molecule has 1 heterocycles. The van der Waals surface area contributed by atoms with E-state index < -0.39 is 0 Å². The van der Waals surface area contributed by atoms with E-state index in [1.807, 2.05) is 42.5 Å². The van der Waals surface area contributed by atoms with E-state index in [4.69, 9.17) is 0 Å². The van der Waals surface area contributed by atoms with Crippen LogP contribution >= 0.6 is 23.1 Å². The summed E-state index contributed by atoms with van der Waals surface area (Å²) in [7, 11) is 0. The number of thioether (sulfide) groups is 1. The van der Waals surface area contributed by atoms with Crippen molar-refractivity contribution in [3.05, 3.63) is 71.3 Å². The van der Waals surface area contributed by atoms with E-state index >= 15 is 0 Å². The van der Waals surface area contributed by atoms with Gasteiger partial charge in [-0.15, -0.1) is 10.2 Å². The summed E-state index contributed by atoms with van der Waals surface area (Å²) in [6.07, 6.45) is 0.979. The van der Waals surface area contributed by atoms with Gasteiger partial charge in [-0.1, -0.05) is 86.3 Å². The van der Waals surface area contributed by atoms with Crippen molar-refractivity contribution in [2.75, 3.05) is 11.1 Å². The molecule has 0 saturated heterocycles. The molecule has 0 atom stereocenters. The maximum absolute atomic E-state index is 12.4. The molecule has 3 aromatic rings. The molecule has 0 spiro atoms. The zero-order valence-electron chi connectivity index (χ0n) is 15.7. The fourth-order valence-corrected chi connectivity index (χ4v) is 4.32. The Balaban J connectivity index is 1.53. The molecule has 1 N–H and O–H groups in total. The lowest BCUT2D eigenvalue weighted by Gasteiger charge is -2.18. The second-order valence-electron chi connectivity index (χ2n) is 7.24. The maximum Gasteiger partial charge on any atom is 0.257 e. The average molecular weight is 398 g/mol. The number of carbonyl (C=O) groups is 1. The van der Waals surface area contributed by atoms with Gasteiger partial charge in [-0.2, -0.15) is 0 Å². The molecule has 4 nitrogen and oxygen atoms in total. The van der Waals surface area contributed by atoms with Crippen LogP contribution in [0.25, 0.3) is 0 Å². The van der Waals surface area contributed by atoms with Crippen LogP contribution in [-0.2, 0) is 11.8 Å². The predicted molar refractivity (Wildman–Crippen MR) is 114 cm³/mol. The van der Waals surface area contributed by atoms with E-state index in [1.165, 1.54) is 22.5 Å². The molecular weight excluding hydrogens is 374 g/mol. The highest BCUT2D eigenvalue weighted by atomic mass is 32.2. The standard InChI is InChI=1S/C21H23N3OS2/c1-21(2,3)17-11-9-16(10-12-17)18(25)22-19-23-24-20(27-19)26-14-13-15-7-5-4-6-8-15/h4-12H,13-14H2,1-3H3,(H,22,23,25). The van der Waals surface area contributed by atoms with Crippen LogP contribution in [-0.4, -0.2) is 21.9 Å². The van der Waals surface area contributed by atoms with Crippen molar-refractivity contribution in [3.8, 4) is 0 Å². The second-order valence-corrected chi connectivity index (χ2v) is 9.56. The first-order chi connectivity index (χ1) is 12.9. The molecule has 3 rings (SSSR count). The number of hydrogen-bond donors (Lipinski definition) is 1. The second kappa shape index (κ2) is 8.67. The number of amides is 1. The predicted octanol–water partition coefficient (Wildman–Crippen LogP) is 5.42. The highest BCUT2D eigenvalue weighted by Gasteiger charge is 2.15.